The van der Waals surface area contributed by atoms with Gasteiger partial charge in [0.2, 0.25) is 0 Å². The van der Waals surface area contributed by atoms with Crippen LogP contribution >= 0.6 is 0 Å². The summed E-state index contributed by atoms with van der Waals surface area (Å²) in [6, 6.07) is 12.4. The van der Waals surface area contributed by atoms with E-state index in [9.17, 15) is 4.79 Å². The topological polar surface area (TPSA) is 65.1 Å². The smallest absolute Gasteiger partial charge is 0.163 e. The Balaban J connectivity index is 1.18. The van der Waals surface area contributed by atoms with Gasteiger partial charge in [0.05, 0.1) is 24.1 Å². The molecule has 0 saturated heterocycles. The number of carbonyl (C=O) groups excluding carboxylic acids is 1. The summed E-state index contributed by atoms with van der Waals surface area (Å²) in [5.41, 5.74) is 6.14. The molecule has 0 spiro atoms. The number of hydrogen-bond acceptors (Lipinski definition) is 4. The number of fused-ring (bicyclic) bond motifs is 2. The van der Waals surface area contributed by atoms with Crippen LogP contribution in [0.5, 0.6) is 0 Å². The lowest BCUT2D eigenvalue weighted by atomic mass is 9.78. The molecule has 2 aliphatic rings. The second kappa shape index (κ2) is 8.67. The van der Waals surface area contributed by atoms with Gasteiger partial charge in [0.1, 0.15) is 0 Å². The first kappa shape index (κ1) is 21.0. The number of aryl methyl sites for hydroxylation is 1. The van der Waals surface area contributed by atoms with Crippen LogP contribution in [-0.2, 0) is 20.1 Å². The van der Waals surface area contributed by atoms with Crippen LogP contribution < -0.4 is 0 Å². The summed E-state index contributed by atoms with van der Waals surface area (Å²) in [6.45, 7) is 1.67. The molecule has 2 unspecified atom stereocenters. The lowest BCUT2D eigenvalue weighted by molar-refractivity contribution is 0.0937. The maximum Gasteiger partial charge on any atom is 0.163 e. The van der Waals surface area contributed by atoms with Gasteiger partial charge in [-0.1, -0.05) is 24.6 Å². The SMILES string of the molecule is Cn1cc2cc(C3=NCc4ccc(C(=O)CC5CCCC(Cn6ccnc6)C5)cc43)ccc2n1. The first-order valence-electron chi connectivity index (χ1n) is 12.2. The van der Waals surface area contributed by atoms with Crippen molar-refractivity contribution in [3.05, 3.63) is 83.6 Å². The normalized spacial score (nSPS) is 19.9. The van der Waals surface area contributed by atoms with E-state index in [-0.39, 0.29) is 5.78 Å². The molecule has 4 aromatic rings. The molecular formula is C28H29N5O. The number of ketones is 1. The molecule has 6 heteroatoms. The quantitative estimate of drug-likeness (QED) is 0.379. The van der Waals surface area contributed by atoms with Gasteiger partial charge >= 0.3 is 0 Å². The van der Waals surface area contributed by atoms with Crippen LogP contribution in [0.2, 0.25) is 0 Å². The van der Waals surface area contributed by atoms with E-state index in [0.717, 1.165) is 52.7 Å². The highest BCUT2D eigenvalue weighted by atomic mass is 16.1. The molecule has 172 valence electrons. The molecule has 2 atom stereocenters. The molecule has 2 aromatic heterocycles. The summed E-state index contributed by atoms with van der Waals surface area (Å²) in [6.07, 6.45) is 13.1. The highest BCUT2D eigenvalue weighted by Crippen LogP contribution is 2.33. The van der Waals surface area contributed by atoms with E-state index in [1.165, 1.54) is 18.4 Å². The van der Waals surface area contributed by atoms with Gasteiger partial charge in [-0.2, -0.15) is 5.10 Å². The van der Waals surface area contributed by atoms with Crippen LogP contribution in [0.3, 0.4) is 0 Å². The van der Waals surface area contributed by atoms with E-state index in [2.05, 4.69) is 38.9 Å². The van der Waals surface area contributed by atoms with E-state index >= 15 is 0 Å². The van der Waals surface area contributed by atoms with Gasteiger partial charge in [0, 0.05) is 60.7 Å². The van der Waals surface area contributed by atoms with E-state index in [4.69, 9.17) is 4.99 Å². The van der Waals surface area contributed by atoms with Crippen LogP contribution in [0.1, 0.15) is 59.2 Å². The second-order valence-corrected chi connectivity index (χ2v) is 9.90. The predicted octanol–water partition coefficient (Wildman–Crippen LogP) is 5.20. The van der Waals surface area contributed by atoms with Gasteiger partial charge in [-0.15, -0.1) is 0 Å². The van der Waals surface area contributed by atoms with Gasteiger partial charge in [-0.05, 0) is 54.9 Å². The number of aliphatic imine (C=N–C) groups is 1. The van der Waals surface area contributed by atoms with Gasteiger partial charge < -0.3 is 4.57 Å². The van der Waals surface area contributed by atoms with E-state index in [1.807, 2.05) is 48.8 Å². The number of carbonyl (C=O) groups is 1. The highest BCUT2D eigenvalue weighted by molar-refractivity contribution is 6.17. The van der Waals surface area contributed by atoms with Crippen molar-refractivity contribution in [1.29, 1.82) is 0 Å². The molecule has 1 aliphatic heterocycles. The van der Waals surface area contributed by atoms with E-state index in [1.54, 1.807) is 0 Å². The average molecular weight is 452 g/mol. The van der Waals surface area contributed by atoms with Gasteiger partial charge in [0.15, 0.2) is 5.78 Å². The second-order valence-electron chi connectivity index (χ2n) is 9.90. The maximum absolute atomic E-state index is 13.3. The zero-order valence-electron chi connectivity index (χ0n) is 19.5. The molecule has 0 amide bonds. The van der Waals surface area contributed by atoms with Crippen LogP contribution in [-0.4, -0.2) is 30.8 Å². The van der Waals surface area contributed by atoms with Crippen LogP contribution in [0, 0.1) is 11.8 Å². The number of hydrogen-bond donors (Lipinski definition) is 0. The number of aromatic nitrogens is 4. The highest BCUT2D eigenvalue weighted by Gasteiger charge is 2.26. The molecular weight excluding hydrogens is 422 g/mol. The molecule has 3 heterocycles. The standard InChI is InChI=1S/C28H29N5O/c1-32-17-24-13-22(7-8-26(24)31-32)28-25-14-21(5-6-23(25)15-30-28)27(34)12-19-3-2-4-20(11-19)16-33-10-9-29-18-33/h5-10,13-14,17-20H,2-4,11-12,15-16H2,1H3. The Hall–Kier alpha value is -3.54. The number of Topliss-reactive ketones (excluding diaryl/α,β-unsaturated/α-hetero) is 1. The van der Waals surface area contributed by atoms with Crippen LogP contribution in [0.25, 0.3) is 10.9 Å². The fourth-order valence-corrected chi connectivity index (χ4v) is 5.73. The first-order chi connectivity index (χ1) is 16.6. The Kier molecular flexibility index (Phi) is 5.36. The molecule has 0 N–H and O–H groups in total. The fraction of sp³-hybridized carbons (Fsp3) is 0.357. The minimum atomic E-state index is 0.255. The van der Waals surface area contributed by atoms with Crippen molar-refractivity contribution >= 4 is 22.4 Å². The Bertz CT molecular complexity index is 1380. The molecule has 6 nitrogen and oxygen atoms in total. The molecule has 34 heavy (non-hydrogen) atoms. The third kappa shape index (κ3) is 4.09. The largest absolute Gasteiger partial charge is 0.337 e. The van der Waals surface area contributed by atoms with Crippen molar-refractivity contribution < 1.29 is 4.79 Å². The number of imidazole rings is 1. The maximum atomic E-state index is 13.3. The Morgan fingerprint density at radius 2 is 2.03 bits per heavy atom. The summed E-state index contributed by atoms with van der Waals surface area (Å²) in [7, 11) is 1.94. The summed E-state index contributed by atoms with van der Waals surface area (Å²) < 4.78 is 4.00. The third-order valence-electron chi connectivity index (χ3n) is 7.38. The van der Waals surface area contributed by atoms with Crippen molar-refractivity contribution in [2.75, 3.05) is 0 Å². The minimum absolute atomic E-state index is 0.255. The van der Waals surface area contributed by atoms with Crippen LogP contribution in [0.15, 0.2) is 66.3 Å². The Morgan fingerprint density at radius 3 is 2.91 bits per heavy atom. The van der Waals surface area contributed by atoms with Crippen molar-refractivity contribution in [2.45, 2.75) is 45.2 Å². The molecule has 1 fully saturated rings. The summed E-state index contributed by atoms with van der Waals surface area (Å²) in [5, 5.41) is 5.57. The van der Waals surface area contributed by atoms with Crippen LogP contribution in [0.4, 0.5) is 0 Å². The number of nitrogens with zero attached hydrogens (tertiary/aromatic N) is 5. The number of rotatable bonds is 6. The van der Waals surface area contributed by atoms with Crippen molar-refractivity contribution in [3.8, 4) is 0 Å². The molecule has 6 rings (SSSR count). The zero-order chi connectivity index (χ0) is 23.1. The molecule has 0 bridgehead atoms. The van der Waals surface area contributed by atoms with Gasteiger partial charge in [-0.3, -0.25) is 14.5 Å². The lowest BCUT2D eigenvalue weighted by Gasteiger charge is -2.29. The minimum Gasteiger partial charge on any atom is -0.337 e. The molecule has 2 aromatic carbocycles. The average Bonchev–Trinajstić information content (AvgIpc) is 3.57. The monoisotopic (exact) mass is 451 g/mol. The van der Waals surface area contributed by atoms with E-state index in [0.29, 0.717) is 24.8 Å². The molecule has 0 radical (unpaired) electrons. The summed E-state index contributed by atoms with van der Waals surface area (Å²) >= 11 is 0. The fourth-order valence-electron chi connectivity index (χ4n) is 5.73. The lowest BCUT2D eigenvalue weighted by Crippen LogP contribution is -2.21. The third-order valence-corrected chi connectivity index (χ3v) is 7.38. The Labute approximate surface area is 199 Å². The van der Waals surface area contributed by atoms with Gasteiger partial charge in [-0.25, -0.2) is 4.98 Å². The van der Waals surface area contributed by atoms with Crippen molar-refractivity contribution in [3.63, 3.8) is 0 Å². The first-order valence-corrected chi connectivity index (χ1v) is 12.2. The predicted molar refractivity (Wildman–Crippen MR) is 133 cm³/mol. The Morgan fingerprint density at radius 1 is 1.12 bits per heavy atom. The zero-order valence-corrected chi connectivity index (χ0v) is 19.5. The van der Waals surface area contributed by atoms with Gasteiger partial charge in [0.25, 0.3) is 0 Å². The van der Waals surface area contributed by atoms with Crippen molar-refractivity contribution in [2.24, 2.45) is 23.9 Å². The summed E-state index contributed by atoms with van der Waals surface area (Å²) in [5.74, 6) is 1.34. The molecule has 1 aliphatic carbocycles. The molecule has 1 saturated carbocycles. The van der Waals surface area contributed by atoms with Crippen molar-refractivity contribution in [1.82, 2.24) is 19.3 Å². The number of benzene rings is 2. The van der Waals surface area contributed by atoms with E-state index < -0.39 is 0 Å². The summed E-state index contributed by atoms with van der Waals surface area (Å²) in [4.78, 5) is 22.3.